The number of benzene rings is 6. The number of rotatable bonds is 0. The molecule has 7 rings (SSSR count). The average Bonchev–Trinajstić information content (AvgIpc) is 3.28. The molecule has 8 heteroatoms. The molecular formula is C68H88O8. The zero-order chi connectivity index (χ0) is 56.4. The van der Waals surface area contributed by atoms with E-state index in [1.807, 2.05) is 72.8 Å². The van der Waals surface area contributed by atoms with Crippen molar-refractivity contribution in [2.75, 3.05) is 0 Å². The summed E-state index contributed by atoms with van der Waals surface area (Å²) in [4.78, 5) is 0. The fourth-order valence-electron chi connectivity index (χ4n) is 10.0. The lowest BCUT2D eigenvalue weighted by Crippen LogP contribution is -2.15. The van der Waals surface area contributed by atoms with Crippen molar-refractivity contribution in [2.24, 2.45) is 0 Å². The van der Waals surface area contributed by atoms with Gasteiger partial charge in [0, 0.05) is 47.9 Å². The lowest BCUT2D eigenvalue weighted by atomic mass is 9.80. The largest absolute Gasteiger partial charge is 0.507 e. The molecule has 1 aliphatic heterocycles. The third-order valence-corrected chi connectivity index (χ3v) is 15.4. The molecule has 0 spiro atoms. The van der Waals surface area contributed by atoms with Crippen LogP contribution in [0, 0.1) is 0 Å². The minimum Gasteiger partial charge on any atom is -0.507 e. The van der Waals surface area contributed by atoms with Crippen molar-refractivity contribution in [1.82, 2.24) is 0 Å². The first-order valence-electron chi connectivity index (χ1n) is 27.2. The summed E-state index contributed by atoms with van der Waals surface area (Å²) >= 11 is 0. The van der Waals surface area contributed by atoms with Gasteiger partial charge in [-0.1, -0.05) is 173 Å². The van der Waals surface area contributed by atoms with E-state index in [2.05, 4.69) is 125 Å². The van der Waals surface area contributed by atoms with Gasteiger partial charge < -0.3 is 40.1 Å². The fraction of sp³-hybridized carbons (Fsp3) is 0.471. The maximum absolute atomic E-state index is 12.4. The molecule has 6 aromatic rings. The van der Waals surface area contributed by atoms with Crippen LogP contribution >= 0.6 is 0 Å². The molecule has 0 atom stereocenters. The van der Waals surface area contributed by atoms with Crippen LogP contribution in [0.4, 0.5) is 0 Å². The van der Waals surface area contributed by atoms with E-state index in [0.717, 1.165) is 33.4 Å². The van der Waals surface area contributed by atoms with Gasteiger partial charge in [0.05, 0.1) is 26.4 Å². The van der Waals surface area contributed by atoms with Gasteiger partial charge in [0.2, 0.25) is 0 Å². The summed E-state index contributed by atoms with van der Waals surface area (Å²) in [5.74, 6) is 0.510. The smallest absolute Gasteiger partial charge is 0.124 e. The van der Waals surface area contributed by atoms with Crippen LogP contribution in [0.1, 0.15) is 225 Å². The van der Waals surface area contributed by atoms with Crippen molar-refractivity contribution < 1.29 is 40.1 Å². The monoisotopic (exact) mass is 1030 g/mol. The zero-order valence-electron chi connectivity index (χ0n) is 49.1. The number of ether oxygens (including phenoxy) is 2. The molecule has 1 aliphatic rings. The van der Waals surface area contributed by atoms with Gasteiger partial charge in [0.1, 0.15) is 34.5 Å². The van der Waals surface area contributed by atoms with Crippen LogP contribution in [0.15, 0.2) is 72.8 Å². The van der Waals surface area contributed by atoms with Gasteiger partial charge in [-0.3, -0.25) is 0 Å². The maximum atomic E-state index is 12.4. The first-order valence-corrected chi connectivity index (χ1v) is 27.2. The summed E-state index contributed by atoms with van der Waals surface area (Å²) in [5, 5.41) is 73.6. The molecular weight excluding hydrogens is 945 g/mol. The number of fused-ring (bicyclic) bond motifs is 12. The predicted molar refractivity (Wildman–Crippen MR) is 309 cm³/mol. The number of hydrogen-bond acceptors (Lipinski definition) is 8. The minimum atomic E-state index is -0.309. The van der Waals surface area contributed by atoms with Crippen molar-refractivity contribution in [3.63, 3.8) is 0 Å². The van der Waals surface area contributed by atoms with E-state index in [4.69, 9.17) is 9.47 Å². The molecule has 0 radical (unpaired) electrons. The molecule has 8 nitrogen and oxygen atoms in total. The van der Waals surface area contributed by atoms with Crippen LogP contribution in [-0.2, 0) is 94.1 Å². The Labute approximate surface area is 454 Å². The number of phenolic OH excluding ortho intramolecular Hbond substituents is 6. The molecule has 6 aromatic carbocycles. The Balaban J connectivity index is 1.46. The van der Waals surface area contributed by atoms with E-state index in [1.165, 1.54) is 0 Å². The second-order valence-electron chi connectivity index (χ2n) is 28.1. The molecule has 408 valence electrons. The Bertz CT molecular complexity index is 2940. The molecule has 0 aromatic heterocycles. The molecule has 0 fully saturated rings. The SMILES string of the molecule is CC(C)(C)c1cc2c(O)c(c1)Cc1cc(C(C)(C)C)cc(c1O)COCc1cc(C(C)(C)C)cc(c1O)Cc1cc(C(C)(C)C)cc(c1O)Cc1cc(C(C)(C)C)cc(c1O)Cc1cc(C(C)(C)C)cc(c1O)COC2. The Morgan fingerprint density at radius 1 is 0.224 bits per heavy atom. The Morgan fingerprint density at radius 2 is 0.342 bits per heavy atom. The number of hydrogen-bond donors (Lipinski definition) is 6. The van der Waals surface area contributed by atoms with E-state index in [0.29, 0.717) is 66.8 Å². The van der Waals surface area contributed by atoms with Crippen LogP contribution in [-0.4, -0.2) is 30.6 Å². The molecule has 0 saturated heterocycles. The van der Waals surface area contributed by atoms with Crippen molar-refractivity contribution in [1.29, 1.82) is 0 Å². The summed E-state index contributed by atoms with van der Waals surface area (Å²) in [6, 6.07) is 24.1. The molecule has 0 unspecified atom stereocenters. The van der Waals surface area contributed by atoms with Gasteiger partial charge in [-0.2, -0.15) is 0 Å². The van der Waals surface area contributed by atoms with Crippen LogP contribution < -0.4 is 0 Å². The second-order valence-corrected chi connectivity index (χ2v) is 28.1. The standard InChI is InChI=1S/C68H88O8/c1-63(2,3)51-23-39-19-40-24-52(64(4,5)6)26-42(58(40)70)21-44-28-54(66(10,11)12)32-48(60(44)72)36-76-38-50-34-56(68(16,17)18)30-46(62(50)74)22-45-29-55(67(13,14)15)33-49(61(45)73)37-75-35-47-31-53(65(7,8)9)27-43(59(47)71)20-41(25-51)57(39)69/h23-34,69-74H,19-22,35-38H2,1-18H3. The molecule has 76 heavy (non-hydrogen) atoms. The quantitative estimate of drug-likeness (QED) is 0.0884. The summed E-state index contributed by atoms with van der Waals surface area (Å²) in [6.45, 7) is 38.6. The van der Waals surface area contributed by atoms with Crippen molar-refractivity contribution in [2.45, 2.75) is 209 Å². The zero-order valence-corrected chi connectivity index (χ0v) is 49.1. The number of aromatic hydroxyl groups is 6. The lowest BCUT2D eigenvalue weighted by Gasteiger charge is -2.26. The highest BCUT2D eigenvalue weighted by atomic mass is 16.5. The van der Waals surface area contributed by atoms with E-state index < -0.39 is 0 Å². The lowest BCUT2D eigenvalue weighted by molar-refractivity contribution is 0.103. The van der Waals surface area contributed by atoms with Gasteiger partial charge in [-0.25, -0.2) is 0 Å². The van der Waals surface area contributed by atoms with E-state index >= 15 is 0 Å². The van der Waals surface area contributed by atoms with Gasteiger partial charge in [-0.15, -0.1) is 0 Å². The van der Waals surface area contributed by atoms with Crippen molar-refractivity contribution in [3.8, 4) is 34.5 Å². The maximum Gasteiger partial charge on any atom is 0.124 e. The van der Waals surface area contributed by atoms with Crippen LogP contribution in [0.25, 0.3) is 0 Å². The van der Waals surface area contributed by atoms with E-state index in [1.54, 1.807) is 0 Å². The third kappa shape index (κ3) is 12.9. The average molecular weight is 1030 g/mol. The van der Waals surface area contributed by atoms with Gasteiger partial charge in [0.25, 0.3) is 0 Å². The Hall–Kier alpha value is -5.96. The Kier molecular flexibility index (Phi) is 15.8. The van der Waals surface area contributed by atoms with Gasteiger partial charge >= 0.3 is 0 Å². The first kappa shape index (κ1) is 57.7. The van der Waals surface area contributed by atoms with E-state index in [-0.39, 0.29) is 119 Å². The molecule has 12 bridgehead atoms. The highest BCUT2D eigenvalue weighted by Crippen LogP contribution is 2.43. The molecule has 0 amide bonds. The second kappa shape index (κ2) is 20.8. The molecule has 0 aliphatic carbocycles. The number of phenols is 6. The third-order valence-electron chi connectivity index (χ3n) is 15.4. The highest BCUT2D eigenvalue weighted by molar-refractivity contribution is 5.58. The van der Waals surface area contributed by atoms with Crippen LogP contribution in [0.3, 0.4) is 0 Å². The Morgan fingerprint density at radius 3 is 0.474 bits per heavy atom. The van der Waals surface area contributed by atoms with Gasteiger partial charge in [0.15, 0.2) is 0 Å². The summed E-state index contributed by atoms with van der Waals surface area (Å²) in [7, 11) is 0. The summed E-state index contributed by atoms with van der Waals surface area (Å²) < 4.78 is 13.0. The van der Waals surface area contributed by atoms with Crippen molar-refractivity contribution in [3.05, 3.63) is 173 Å². The molecule has 6 N–H and O–H groups in total. The topological polar surface area (TPSA) is 140 Å². The van der Waals surface area contributed by atoms with Gasteiger partial charge in [-0.05, 0) is 135 Å². The normalized spacial score (nSPS) is 14.8. The van der Waals surface area contributed by atoms with Crippen LogP contribution in [0.2, 0.25) is 0 Å². The highest BCUT2D eigenvalue weighted by Gasteiger charge is 2.28. The predicted octanol–water partition coefficient (Wildman–Crippen LogP) is 15.8. The summed E-state index contributed by atoms with van der Waals surface area (Å²) in [6.07, 6.45) is 0.907. The molecule has 1 heterocycles. The van der Waals surface area contributed by atoms with E-state index in [9.17, 15) is 30.6 Å². The van der Waals surface area contributed by atoms with Crippen molar-refractivity contribution >= 4 is 0 Å². The minimum absolute atomic E-state index is 0.0537. The summed E-state index contributed by atoms with van der Waals surface area (Å²) in [5.41, 5.74) is 11.8. The van der Waals surface area contributed by atoms with Crippen LogP contribution in [0.5, 0.6) is 34.5 Å². The fourth-order valence-corrected chi connectivity index (χ4v) is 10.0. The molecule has 0 saturated carbocycles. The first-order chi connectivity index (χ1) is 34.9.